The lowest BCUT2D eigenvalue weighted by molar-refractivity contribution is 0.101. The fraction of sp³-hybridized carbons (Fsp3) is 0.500. The first-order valence-electron chi connectivity index (χ1n) is 6.31. The third-order valence-electron chi connectivity index (χ3n) is 3.43. The predicted molar refractivity (Wildman–Crippen MR) is 73.3 cm³/mol. The van der Waals surface area contributed by atoms with Gasteiger partial charge in [-0.25, -0.2) is 0 Å². The Morgan fingerprint density at radius 1 is 1.33 bits per heavy atom. The van der Waals surface area contributed by atoms with Crippen LogP contribution in [0.2, 0.25) is 5.02 Å². The highest BCUT2D eigenvalue weighted by molar-refractivity contribution is 6.33. The molecule has 1 aliphatic rings. The second-order valence-electron chi connectivity index (χ2n) is 4.90. The van der Waals surface area contributed by atoms with Crippen molar-refractivity contribution < 1.29 is 9.90 Å². The molecule has 0 radical (unpaired) electrons. The maximum absolute atomic E-state index is 11.3. The van der Waals surface area contributed by atoms with Crippen molar-refractivity contribution in [1.82, 2.24) is 0 Å². The molecule has 2 rings (SSSR count). The van der Waals surface area contributed by atoms with Crippen molar-refractivity contribution in [3.63, 3.8) is 0 Å². The van der Waals surface area contributed by atoms with Crippen molar-refractivity contribution in [2.24, 2.45) is 0 Å². The highest BCUT2D eigenvalue weighted by Crippen LogP contribution is 2.28. The van der Waals surface area contributed by atoms with E-state index >= 15 is 0 Å². The lowest BCUT2D eigenvalue weighted by atomic mass is 9.93. The van der Waals surface area contributed by atoms with Gasteiger partial charge >= 0.3 is 0 Å². The van der Waals surface area contributed by atoms with E-state index in [4.69, 9.17) is 11.6 Å². The summed E-state index contributed by atoms with van der Waals surface area (Å²) in [6, 6.07) is 5.61. The monoisotopic (exact) mass is 267 g/mol. The van der Waals surface area contributed by atoms with E-state index in [0.29, 0.717) is 16.6 Å². The first-order chi connectivity index (χ1) is 8.56. The van der Waals surface area contributed by atoms with Crippen molar-refractivity contribution in [2.75, 3.05) is 5.32 Å². The molecule has 18 heavy (non-hydrogen) atoms. The highest BCUT2D eigenvalue weighted by atomic mass is 35.5. The minimum Gasteiger partial charge on any atom is -0.393 e. The van der Waals surface area contributed by atoms with Crippen LogP contribution in [0.1, 0.15) is 43.0 Å². The minimum absolute atomic E-state index is 0.0359. The maximum Gasteiger partial charge on any atom is 0.159 e. The molecule has 4 heteroatoms. The van der Waals surface area contributed by atoms with Crippen LogP contribution < -0.4 is 5.32 Å². The van der Waals surface area contributed by atoms with Crippen molar-refractivity contribution >= 4 is 23.1 Å². The van der Waals surface area contributed by atoms with Crippen molar-refractivity contribution in [2.45, 2.75) is 44.8 Å². The largest absolute Gasteiger partial charge is 0.393 e. The molecule has 0 aliphatic heterocycles. The molecule has 0 atom stereocenters. The summed E-state index contributed by atoms with van der Waals surface area (Å²) in [7, 11) is 0. The number of aliphatic hydroxyl groups is 1. The molecule has 0 bridgehead atoms. The molecule has 3 nitrogen and oxygen atoms in total. The number of halogens is 1. The number of hydrogen-bond donors (Lipinski definition) is 2. The number of hydrogen-bond acceptors (Lipinski definition) is 3. The summed E-state index contributed by atoms with van der Waals surface area (Å²) in [5.41, 5.74) is 1.48. The van der Waals surface area contributed by atoms with E-state index in [2.05, 4.69) is 5.32 Å². The molecule has 0 saturated heterocycles. The first-order valence-corrected chi connectivity index (χ1v) is 6.69. The van der Waals surface area contributed by atoms with Gasteiger partial charge in [-0.15, -0.1) is 0 Å². The van der Waals surface area contributed by atoms with Crippen LogP contribution in [0.25, 0.3) is 0 Å². The molecule has 1 aromatic carbocycles. The maximum atomic E-state index is 11.3. The SMILES string of the molecule is CC(=O)c1ccc(Cl)c(NC2CCC(O)CC2)c1. The number of ketones is 1. The van der Waals surface area contributed by atoms with Gasteiger partial charge in [-0.05, 0) is 50.8 Å². The van der Waals surface area contributed by atoms with Crippen molar-refractivity contribution in [1.29, 1.82) is 0 Å². The van der Waals surface area contributed by atoms with Crippen molar-refractivity contribution in [3.8, 4) is 0 Å². The van der Waals surface area contributed by atoms with Crippen LogP contribution in [0.5, 0.6) is 0 Å². The standard InChI is InChI=1S/C14H18ClNO2/c1-9(17)10-2-7-13(15)14(8-10)16-11-3-5-12(18)6-4-11/h2,7-8,11-12,16,18H,3-6H2,1H3. The van der Waals surface area contributed by atoms with Gasteiger partial charge in [0.1, 0.15) is 0 Å². The minimum atomic E-state index is -0.165. The molecule has 98 valence electrons. The van der Waals surface area contributed by atoms with Gasteiger partial charge in [0, 0.05) is 11.6 Å². The number of anilines is 1. The van der Waals surface area contributed by atoms with Crippen LogP contribution in [0.3, 0.4) is 0 Å². The quantitative estimate of drug-likeness (QED) is 0.827. The zero-order valence-electron chi connectivity index (χ0n) is 10.4. The summed E-state index contributed by atoms with van der Waals surface area (Å²) in [5.74, 6) is 0.0359. The topological polar surface area (TPSA) is 49.3 Å². The van der Waals surface area contributed by atoms with Gasteiger partial charge in [-0.3, -0.25) is 4.79 Å². The van der Waals surface area contributed by atoms with Gasteiger partial charge in [0.25, 0.3) is 0 Å². The molecule has 1 fully saturated rings. The Bertz CT molecular complexity index is 439. The first kappa shape index (κ1) is 13.4. The number of carbonyl (C=O) groups is 1. The van der Waals surface area contributed by atoms with Crippen LogP contribution in [0, 0.1) is 0 Å². The molecule has 1 aliphatic carbocycles. The van der Waals surface area contributed by atoms with Crippen molar-refractivity contribution in [3.05, 3.63) is 28.8 Å². The van der Waals surface area contributed by atoms with Crippen LogP contribution in [0.4, 0.5) is 5.69 Å². The second-order valence-corrected chi connectivity index (χ2v) is 5.31. The highest BCUT2D eigenvalue weighted by Gasteiger charge is 2.19. The van der Waals surface area contributed by atoms with Gasteiger partial charge in [0.15, 0.2) is 5.78 Å². The number of carbonyl (C=O) groups excluding carboxylic acids is 1. The van der Waals surface area contributed by atoms with Gasteiger partial charge in [-0.1, -0.05) is 11.6 Å². The van der Waals surface area contributed by atoms with E-state index < -0.39 is 0 Å². The van der Waals surface area contributed by atoms with E-state index in [0.717, 1.165) is 31.4 Å². The molecule has 1 saturated carbocycles. The molecule has 0 spiro atoms. The van der Waals surface area contributed by atoms with E-state index in [1.54, 1.807) is 25.1 Å². The Morgan fingerprint density at radius 3 is 2.61 bits per heavy atom. The Morgan fingerprint density at radius 2 is 2.00 bits per heavy atom. The number of benzene rings is 1. The summed E-state index contributed by atoms with van der Waals surface area (Å²) in [6.07, 6.45) is 3.34. The average molecular weight is 268 g/mol. The van der Waals surface area contributed by atoms with Crippen LogP contribution in [-0.4, -0.2) is 23.0 Å². The Labute approximate surface area is 112 Å². The van der Waals surface area contributed by atoms with Crippen LogP contribution >= 0.6 is 11.6 Å². The molecule has 0 unspecified atom stereocenters. The van der Waals surface area contributed by atoms with Crippen LogP contribution in [0.15, 0.2) is 18.2 Å². The molecule has 0 heterocycles. The molecule has 0 amide bonds. The smallest absolute Gasteiger partial charge is 0.159 e. The summed E-state index contributed by atoms with van der Waals surface area (Å²) in [6.45, 7) is 1.55. The van der Waals surface area contributed by atoms with Gasteiger partial charge in [0.2, 0.25) is 0 Å². The zero-order valence-corrected chi connectivity index (χ0v) is 11.2. The summed E-state index contributed by atoms with van der Waals surface area (Å²) >= 11 is 6.13. The third-order valence-corrected chi connectivity index (χ3v) is 3.76. The second kappa shape index (κ2) is 5.72. The van der Waals surface area contributed by atoms with Gasteiger partial charge in [-0.2, -0.15) is 0 Å². The lowest BCUT2D eigenvalue weighted by Gasteiger charge is -2.27. The molecule has 1 aromatic rings. The third kappa shape index (κ3) is 3.24. The van der Waals surface area contributed by atoms with Crippen LogP contribution in [-0.2, 0) is 0 Å². The molecule has 0 aromatic heterocycles. The fourth-order valence-electron chi connectivity index (χ4n) is 2.29. The molecular weight excluding hydrogens is 250 g/mol. The summed E-state index contributed by atoms with van der Waals surface area (Å²) in [4.78, 5) is 11.3. The Kier molecular flexibility index (Phi) is 4.25. The van der Waals surface area contributed by atoms with E-state index in [1.807, 2.05) is 0 Å². The zero-order chi connectivity index (χ0) is 13.1. The van der Waals surface area contributed by atoms with E-state index in [1.165, 1.54) is 0 Å². The average Bonchev–Trinajstić information content (AvgIpc) is 2.34. The molecular formula is C14H18ClNO2. The Balaban J connectivity index is 2.08. The van der Waals surface area contributed by atoms with Gasteiger partial charge in [0.05, 0.1) is 16.8 Å². The van der Waals surface area contributed by atoms with E-state index in [-0.39, 0.29) is 11.9 Å². The number of aliphatic hydroxyl groups excluding tert-OH is 1. The van der Waals surface area contributed by atoms with Gasteiger partial charge < -0.3 is 10.4 Å². The normalized spacial score (nSPS) is 23.7. The predicted octanol–water partition coefficient (Wildman–Crippen LogP) is 3.26. The van der Waals surface area contributed by atoms with E-state index in [9.17, 15) is 9.90 Å². The summed E-state index contributed by atoms with van der Waals surface area (Å²) < 4.78 is 0. The molecule has 2 N–H and O–H groups in total. The lowest BCUT2D eigenvalue weighted by Crippen LogP contribution is -2.28. The number of nitrogens with one attached hydrogen (secondary N) is 1. The number of Topliss-reactive ketones (excluding diaryl/α,β-unsaturated/α-hetero) is 1. The Hall–Kier alpha value is -1.06. The number of rotatable bonds is 3. The summed E-state index contributed by atoms with van der Waals surface area (Å²) in [5, 5.41) is 13.5. The fourth-order valence-corrected chi connectivity index (χ4v) is 2.47.